The second-order valence-electron chi connectivity index (χ2n) is 2.99. The quantitative estimate of drug-likeness (QED) is 0.703. The van der Waals surface area contributed by atoms with E-state index in [1.165, 1.54) is 4.57 Å². The van der Waals surface area contributed by atoms with Gasteiger partial charge in [-0.25, -0.2) is 4.98 Å². The predicted molar refractivity (Wildman–Crippen MR) is 52.6 cm³/mol. The number of hydrogen-bond donors (Lipinski definition) is 0. The van der Waals surface area contributed by atoms with E-state index < -0.39 is 5.51 Å². The van der Waals surface area contributed by atoms with Crippen LogP contribution in [0.5, 0.6) is 0 Å². The summed E-state index contributed by atoms with van der Waals surface area (Å²) >= 11 is -0.195. The third kappa shape index (κ3) is 2.09. The van der Waals surface area contributed by atoms with Crippen molar-refractivity contribution in [3.05, 3.63) is 24.3 Å². The van der Waals surface area contributed by atoms with Crippen molar-refractivity contribution < 1.29 is 13.2 Å². The molecule has 0 bridgehead atoms. The molecule has 6 heteroatoms. The molecule has 0 unspecified atom stereocenters. The number of nitrogens with zero attached hydrogens (tertiary/aromatic N) is 2. The molecule has 0 aliphatic heterocycles. The van der Waals surface area contributed by atoms with Gasteiger partial charge < -0.3 is 4.57 Å². The van der Waals surface area contributed by atoms with Crippen molar-refractivity contribution in [1.29, 1.82) is 0 Å². The summed E-state index contributed by atoms with van der Waals surface area (Å²) in [5.74, 6) is 0. The summed E-state index contributed by atoms with van der Waals surface area (Å²) in [7, 11) is 1.57. The molecule has 1 aromatic carbocycles. The molecule has 0 N–H and O–H groups in total. The first-order valence-electron chi connectivity index (χ1n) is 4.14. The molecule has 2 nitrogen and oxygen atoms in total. The number of para-hydroxylation sites is 2. The van der Waals surface area contributed by atoms with Gasteiger partial charge in [-0.1, -0.05) is 12.1 Å². The summed E-state index contributed by atoms with van der Waals surface area (Å²) in [6.07, 6.45) is 0. The van der Waals surface area contributed by atoms with E-state index in [0.717, 1.165) is 0 Å². The molecule has 0 radical (unpaired) electrons. The molecule has 0 atom stereocenters. The Morgan fingerprint density at radius 2 is 1.93 bits per heavy atom. The number of imidazole rings is 1. The van der Waals surface area contributed by atoms with Crippen molar-refractivity contribution in [2.75, 3.05) is 0 Å². The van der Waals surface area contributed by atoms with E-state index in [1.807, 2.05) is 0 Å². The van der Waals surface area contributed by atoms with Gasteiger partial charge >= 0.3 is 5.51 Å². The normalized spacial score (nSPS) is 12.3. The number of alkyl halides is 3. The highest BCUT2D eigenvalue weighted by Gasteiger charge is 2.31. The molecule has 0 saturated heterocycles. The van der Waals surface area contributed by atoms with Crippen molar-refractivity contribution in [3.63, 3.8) is 0 Å². The minimum atomic E-state index is -4.30. The van der Waals surface area contributed by atoms with Crippen LogP contribution in [0.4, 0.5) is 13.2 Å². The lowest BCUT2D eigenvalue weighted by Crippen LogP contribution is -2.02. The van der Waals surface area contributed by atoms with Gasteiger partial charge in [0.25, 0.3) is 0 Å². The number of hydrogen-bond acceptors (Lipinski definition) is 2. The minimum Gasteiger partial charge on any atom is -0.322 e. The Hall–Kier alpha value is -1.17. The highest BCUT2D eigenvalue weighted by molar-refractivity contribution is 8.00. The standard InChI is InChI=1S/C9H7F3N2S/c1-14-7-5-3-2-4-6(7)13-8(14)15-9(10,11)12/h2-5H,1H3. The summed E-state index contributed by atoms with van der Waals surface area (Å²) < 4.78 is 37.9. The van der Waals surface area contributed by atoms with Gasteiger partial charge in [-0.05, 0) is 12.1 Å². The Morgan fingerprint density at radius 3 is 2.53 bits per heavy atom. The highest BCUT2D eigenvalue weighted by Crippen LogP contribution is 2.37. The Kier molecular flexibility index (Phi) is 2.38. The van der Waals surface area contributed by atoms with Gasteiger partial charge in [0, 0.05) is 18.8 Å². The van der Waals surface area contributed by atoms with E-state index in [1.54, 1.807) is 31.3 Å². The summed E-state index contributed by atoms with van der Waals surface area (Å²) in [4.78, 5) is 3.90. The molecule has 2 aromatic rings. The smallest absolute Gasteiger partial charge is 0.322 e. The van der Waals surface area contributed by atoms with Gasteiger partial charge in [0.05, 0.1) is 11.0 Å². The maximum absolute atomic E-state index is 12.2. The molecule has 0 saturated carbocycles. The molecular formula is C9H7F3N2S. The van der Waals surface area contributed by atoms with Crippen LogP contribution in [0.25, 0.3) is 11.0 Å². The van der Waals surface area contributed by atoms with Gasteiger partial charge in [0.2, 0.25) is 0 Å². The Labute approximate surface area is 88.1 Å². The molecule has 1 aromatic heterocycles. The monoisotopic (exact) mass is 232 g/mol. The second kappa shape index (κ2) is 3.44. The van der Waals surface area contributed by atoms with Crippen LogP contribution >= 0.6 is 11.8 Å². The van der Waals surface area contributed by atoms with Crippen molar-refractivity contribution in [2.24, 2.45) is 7.05 Å². The molecule has 0 amide bonds. The van der Waals surface area contributed by atoms with Crippen LogP contribution in [0, 0.1) is 0 Å². The molecule has 2 rings (SSSR count). The van der Waals surface area contributed by atoms with Crippen LogP contribution in [0.3, 0.4) is 0 Å². The third-order valence-corrected chi connectivity index (χ3v) is 2.73. The predicted octanol–water partition coefficient (Wildman–Crippen LogP) is 3.19. The van der Waals surface area contributed by atoms with Crippen LogP contribution in [-0.4, -0.2) is 15.1 Å². The molecule has 0 fully saturated rings. The largest absolute Gasteiger partial charge is 0.449 e. The van der Waals surface area contributed by atoms with Crippen LogP contribution in [0.1, 0.15) is 0 Å². The number of rotatable bonds is 1. The zero-order chi connectivity index (χ0) is 11.1. The van der Waals surface area contributed by atoms with Gasteiger partial charge in [-0.2, -0.15) is 13.2 Å². The Balaban J connectivity index is 2.49. The van der Waals surface area contributed by atoms with Crippen LogP contribution in [0.2, 0.25) is 0 Å². The molecule has 0 aliphatic carbocycles. The molecule has 15 heavy (non-hydrogen) atoms. The fourth-order valence-electron chi connectivity index (χ4n) is 1.32. The zero-order valence-corrected chi connectivity index (χ0v) is 8.56. The number of fused-ring (bicyclic) bond motifs is 1. The van der Waals surface area contributed by atoms with Crippen molar-refractivity contribution in [2.45, 2.75) is 10.7 Å². The number of benzene rings is 1. The van der Waals surface area contributed by atoms with Gasteiger partial charge in [-0.15, -0.1) is 0 Å². The first-order chi connectivity index (χ1) is 6.97. The van der Waals surface area contributed by atoms with E-state index in [4.69, 9.17) is 0 Å². The van der Waals surface area contributed by atoms with E-state index in [2.05, 4.69) is 4.98 Å². The van der Waals surface area contributed by atoms with E-state index >= 15 is 0 Å². The summed E-state index contributed by atoms with van der Waals surface area (Å²) in [5, 5.41) is -0.0382. The first kappa shape index (κ1) is 10.4. The molecule has 1 heterocycles. The third-order valence-electron chi connectivity index (χ3n) is 1.95. The molecule has 80 valence electrons. The SMILES string of the molecule is Cn1c(SC(F)(F)F)nc2ccccc21. The van der Waals surface area contributed by atoms with E-state index in [-0.39, 0.29) is 16.9 Å². The van der Waals surface area contributed by atoms with E-state index in [0.29, 0.717) is 11.0 Å². The summed E-state index contributed by atoms with van der Waals surface area (Å²) in [5.41, 5.74) is -3.02. The number of halogens is 3. The van der Waals surface area contributed by atoms with Crippen LogP contribution < -0.4 is 0 Å². The lowest BCUT2D eigenvalue weighted by atomic mass is 10.3. The fraction of sp³-hybridized carbons (Fsp3) is 0.222. The lowest BCUT2D eigenvalue weighted by Gasteiger charge is -2.04. The average molecular weight is 232 g/mol. The average Bonchev–Trinajstić information content (AvgIpc) is 2.42. The summed E-state index contributed by atoms with van der Waals surface area (Å²) in [6, 6.07) is 6.95. The summed E-state index contributed by atoms with van der Waals surface area (Å²) in [6.45, 7) is 0. The second-order valence-corrected chi connectivity index (χ2v) is 4.02. The topological polar surface area (TPSA) is 17.8 Å². The lowest BCUT2D eigenvalue weighted by molar-refractivity contribution is -0.0331. The maximum Gasteiger partial charge on any atom is 0.449 e. The molecule has 0 aliphatic rings. The Bertz CT molecular complexity index is 490. The van der Waals surface area contributed by atoms with Crippen LogP contribution in [0.15, 0.2) is 29.4 Å². The number of aromatic nitrogens is 2. The molecular weight excluding hydrogens is 225 g/mol. The fourth-order valence-corrected chi connectivity index (χ4v) is 1.90. The van der Waals surface area contributed by atoms with Crippen molar-refractivity contribution in [1.82, 2.24) is 9.55 Å². The van der Waals surface area contributed by atoms with Crippen molar-refractivity contribution in [3.8, 4) is 0 Å². The maximum atomic E-state index is 12.2. The number of aryl methyl sites for hydroxylation is 1. The van der Waals surface area contributed by atoms with Gasteiger partial charge in [-0.3, -0.25) is 0 Å². The molecule has 0 spiro atoms. The van der Waals surface area contributed by atoms with Gasteiger partial charge in [0.15, 0.2) is 5.16 Å². The van der Waals surface area contributed by atoms with Gasteiger partial charge in [0.1, 0.15) is 0 Å². The first-order valence-corrected chi connectivity index (χ1v) is 4.96. The number of thioether (sulfide) groups is 1. The van der Waals surface area contributed by atoms with Crippen molar-refractivity contribution >= 4 is 22.8 Å². The zero-order valence-electron chi connectivity index (χ0n) is 7.75. The minimum absolute atomic E-state index is 0.0382. The highest BCUT2D eigenvalue weighted by atomic mass is 32.2. The Morgan fingerprint density at radius 1 is 1.27 bits per heavy atom. The van der Waals surface area contributed by atoms with Crippen LogP contribution in [-0.2, 0) is 7.05 Å². The van der Waals surface area contributed by atoms with E-state index in [9.17, 15) is 13.2 Å².